The summed E-state index contributed by atoms with van der Waals surface area (Å²) in [7, 11) is -2.15. The van der Waals surface area contributed by atoms with Crippen LogP contribution in [0.25, 0.3) is 0 Å². The highest BCUT2D eigenvalue weighted by molar-refractivity contribution is 7.92. The summed E-state index contributed by atoms with van der Waals surface area (Å²) >= 11 is 0. The molecule has 1 N–H and O–H groups in total. The number of carbonyl (C=O) groups excluding carboxylic acids is 2. The van der Waals surface area contributed by atoms with Crippen molar-refractivity contribution in [3.8, 4) is 5.75 Å². The number of benzene rings is 2. The number of ether oxygens (including phenoxy) is 1. The molecule has 2 rings (SSSR count). The quantitative estimate of drug-likeness (QED) is 0.683. The van der Waals surface area contributed by atoms with Gasteiger partial charge in [0.25, 0.3) is 0 Å². The van der Waals surface area contributed by atoms with Gasteiger partial charge in [-0.25, -0.2) is 8.42 Å². The number of sulfonamides is 1. The smallest absolute Gasteiger partial charge is 0.241 e. The van der Waals surface area contributed by atoms with Gasteiger partial charge in [-0.2, -0.15) is 0 Å². The zero-order chi connectivity index (χ0) is 20.9. The molecular formula is C20H24N2O5S. The second-order valence-corrected chi connectivity index (χ2v) is 8.35. The summed E-state index contributed by atoms with van der Waals surface area (Å²) in [4.78, 5) is 24.1. The molecule has 0 heterocycles. The largest absolute Gasteiger partial charge is 0.497 e. The van der Waals surface area contributed by atoms with Gasteiger partial charge in [0.1, 0.15) is 12.3 Å². The number of amides is 1. The number of carbonyl (C=O) groups is 2. The SMILES string of the molecule is COc1ccc([C@@H](C)NC(=O)CN(c2cccc(C(C)=O)c2)S(C)(=O)=O)cc1. The third-order valence-corrected chi connectivity index (χ3v) is 5.36. The van der Waals surface area contributed by atoms with Gasteiger partial charge in [-0.05, 0) is 43.7 Å². The van der Waals surface area contributed by atoms with E-state index in [0.29, 0.717) is 11.3 Å². The Kier molecular flexibility index (Phi) is 6.80. The van der Waals surface area contributed by atoms with Gasteiger partial charge in [0.05, 0.1) is 25.1 Å². The molecule has 0 fully saturated rings. The molecule has 0 bridgehead atoms. The van der Waals surface area contributed by atoms with E-state index in [-0.39, 0.29) is 24.1 Å². The van der Waals surface area contributed by atoms with Crippen molar-refractivity contribution in [1.82, 2.24) is 5.32 Å². The number of rotatable bonds is 8. The molecular weight excluding hydrogens is 380 g/mol. The number of nitrogens with one attached hydrogen (secondary N) is 1. The normalized spacial score (nSPS) is 12.1. The maximum atomic E-state index is 12.5. The van der Waals surface area contributed by atoms with Crippen LogP contribution in [0.3, 0.4) is 0 Å². The van der Waals surface area contributed by atoms with Crippen LogP contribution in [0.15, 0.2) is 48.5 Å². The van der Waals surface area contributed by atoms with Gasteiger partial charge >= 0.3 is 0 Å². The lowest BCUT2D eigenvalue weighted by atomic mass is 10.1. The molecule has 28 heavy (non-hydrogen) atoms. The molecule has 0 spiro atoms. The minimum atomic E-state index is -3.72. The van der Waals surface area contributed by atoms with E-state index in [1.807, 2.05) is 12.1 Å². The van der Waals surface area contributed by atoms with Crippen molar-refractivity contribution in [2.45, 2.75) is 19.9 Å². The van der Waals surface area contributed by atoms with Crippen molar-refractivity contribution < 1.29 is 22.7 Å². The van der Waals surface area contributed by atoms with Crippen LogP contribution in [-0.2, 0) is 14.8 Å². The minimum absolute atomic E-state index is 0.187. The molecule has 0 aliphatic rings. The van der Waals surface area contributed by atoms with Crippen LogP contribution >= 0.6 is 0 Å². The fraction of sp³-hybridized carbons (Fsp3) is 0.300. The summed E-state index contributed by atoms with van der Waals surface area (Å²) in [5, 5.41) is 2.79. The highest BCUT2D eigenvalue weighted by Gasteiger charge is 2.22. The number of ketones is 1. The third kappa shape index (κ3) is 5.56. The molecule has 8 heteroatoms. The number of Topliss-reactive ketones (excluding diaryl/α,β-unsaturated/α-hetero) is 1. The van der Waals surface area contributed by atoms with Crippen LogP contribution in [-0.4, -0.2) is 40.0 Å². The molecule has 2 aromatic carbocycles. The Morgan fingerprint density at radius 2 is 1.79 bits per heavy atom. The molecule has 0 saturated carbocycles. The van der Waals surface area contributed by atoms with Gasteiger partial charge in [-0.1, -0.05) is 24.3 Å². The molecule has 1 amide bonds. The fourth-order valence-corrected chi connectivity index (χ4v) is 3.52. The summed E-state index contributed by atoms with van der Waals surface area (Å²) in [6.07, 6.45) is 1.02. The highest BCUT2D eigenvalue weighted by atomic mass is 32.2. The van der Waals surface area contributed by atoms with Crippen molar-refractivity contribution in [2.75, 3.05) is 24.2 Å². The van der Waals surface area contributed by atoms with Crippen molar-refractivity contribution in [1.29, 1.82) is 0 Å². The summed E-state index contributed by atoms with van der Waals surface area (Å²) in [6.45, 7) is 2.81. The molecule has 0 aromatic heterocycles. The number of nitrogens with zero attached hydrogens (tertiary/aromatic N) is 1. The van der Waals surface area contributed by atoms with Crippen LogP contribution in [0.2, 0.25) is 0 Å². The van der Waals surface area contributed by atoms with E-state index in [4.69, 9.17) is 4.74 Å². The first kappa shape index (κ1) is 21.4. The van der Waals surface area contributed by atoms with E-state index in [1.165, 1.54) is 13.0 Å². The van der Waals surface area contributed by atoms with Gasteiger partial charge in [0, 0.05) is 5.56 Å². The second kappa shape index (κ2) is 8.88. The first-order valence-corrected chi connectivity index (χ1v) is 10.5. The van der Waals surface area contributed by atoms with Crippen LogP contribution < -0.4 is 14.4 Å². The Bertz CT molecular complexity index is 955. The molecule has 0 aliphatic heterocycles. The first-order valence-electron chi connectivity index (χ1n) is 8.64. The lowest BCUT2D eigenvalue weighted by Gasteiger charge is -2.23. The number of hydrogen-bond acceptors (Lipinski definition) is 5. The van der Waals surface area contributed by atoms with E-state index < -0.39 is 15.9 Å². The van der Waals surface area contributed by atoms with Crippen LogP contribution in [0.5, 0.6) is 5.75 Å². The molecule has 0 unspecified atom stereocenters. The molecule has 150 valence electrons. The summed E-state index contributed by atoms with van der Waals surface area (Å²) in [5.41, 5.74) is 1.50. The zero-order valence-corrected chi connectivity index (χ0v) is 17.1. The van der Waals surface area contributed by atoms with E-state index in [9.17, 15) is 18.0 Å². The fourth-order valence-electron chi connectivity index (χ4n) is 2.67. The molecule has 1 atom stereocenters. The van der Waals surface area contributed by atoms with E-state index in [2.05, 4.69) is 5.32 Å². The highest BCUT2D eigenvalue weighted by Crippen LogP contribution is 2.20. The van der Waals surface area contributed by atoms with Crippen LogP contribution in [0.1, 0.15) is 35.8 Å². The Balaban J connectivity index is 2.17. The van der Waals surface area contributed by atoms with Gasteiger partial charge in [-0.3, -0.25) is 13.9 Å². The summed E-state index contributed by atoms with van der Waals surface area (Å²) < 4.78 is 30.5. The Labute approximate surface area is 165 Å². The predicted octanol–water partition coefficient (Wildman–Crippen LogP) is 2.54. The van der Waals surface area contributed by atoms with Gasteiger partial charge < -0.3 is 10.1 Å². The van der Waals surface area contributed by atoms with E-state index in [0.717, 1.165) is 16.1 Å². The zero-order valence-electron chi connectivity index (χ0n) is 16.3. The lowest BCUT2D eigenvalue weighted by molar-refractivity contribution is -0.120. The van der Waals surface area contributed by atoms with Gasteiger partial charge in [0.15, 0.2) is 5.78 Å². The Morgan fingerprint density at radius 3 is 2.32 bits per heavy atom. The van der Waals surface area contributed by atoms with E-state index in [1.54, 1.807) is 44.4 Å². The van der Waals surface area contributed by atoms with Crippen LogP contribution in [0, 0.1) is 0 Å². The van der Waals surface area contributed by atoms with Crippen molar-refractivity contribution >= 4 is 27.4 Å². The molecule has 0 aliphatic carbocycles. The summed E-state index contributed by atoms with van der Waals surface area (Å²) in [5.74, 6) is 0.0609. The monoisotopic (exact) mass is 404 g/mol. The second-order valence-electron chi connectivity index (χ2n) is 6.44. The maximum absolute atomic E-state index is 12.5. The van der Waals surface area contributed by atoms with Gasteiger partial charge in [0.2, 0.25) is 15.9 Å². The number of methoxy groups -OCH3 is 1. The molecule has 0 radical (unpaired) electrons. The average Bonchev–Trinajstić information content (AvgIpc) is 2.65. The standard InChI is InChI=1S/C20H24N2O5S/c1-14(16-8-10-19(27-3)11-9-16)21-20(24)13-22(28(4,25)26)18-7-5-6-17(12-18)15(2)23/h5-12,14H,13H2,1-4H3,(H,21,24)/t14-/m1/s1. The molecule has 2 aromatic rings. The van der Waals surface area contributed by atoms with Crippen molar-refractivity contribution in [3.63, 3.8) is 0 Å². The van der Waals surface area contributed by atoms with Crippen LogP contribution in [0.4, 0.5) is 5.69 Å². The molecule has 0 saturated heterocycles. The van der Waals surface area contributed by atoms with Crippen molar-refractivity contribution in [2.24, 2.45) is 0 Å². The lowest BCUT2D eigenvalue weighted by Crippen LogP contribution is -2.41. The predicted molar refractivity (Wildman–Crippen MR) is 108 cm³/mol. The number of hydrogen-bond donors (Lipinski definition) is 1. The Morgan fingerprint density at radius 1 is 1.14 bits per heavy atom. The summed E-state index contributed by atoms with van der Waals surface area (Å²) in [6, 6.07) is 13.1. The van der Waals surface area contributed by atoms with Crippen molar-refractivity contribution in [3.05, 3.63) is 59.7 Å². The third-order valence-electron chi connectivity index (χ3n) is 4.22. The Hall–Kier alpha value is -2.87. The van der Waals surface area contributed by atoms with E-state index >= 15 is 0 Å². The number of anilines is 1. The topological polar surface area (TPSA) is 92.8 Å². The minimum Gasteiger partial charge on any atom is -0.497 e. The first-order chi connectivity index (χ1) is 13.1. The van der Waals surface area contributed by atoms with Gasteiger partial charge in [-0.15, -0.1) is 0 Å². The average molecular weight is 404 g/mol. The maximum Gasteiger partial charge on any atom is 0.241 e. The molecule has 7 nitrogen and oxygen atoms in total.